The third-order valence-corrected chi connectivity index (χ3v) is 6.44. The number of hydrogen-bond acceptors (Lipinski definition) is 4. The average Bonchev–Trinajstić information content (AvgIpc) is 3.20. The van der Waals surface area contributed by atoms with Crippen molar-refractivity contribution in [3.63, 3.8) is 0 Å². The number of carbonyl (C=O) groups is 3. The second-order valence-electron chi connectivity index (χ2n) is 8.86. The summed E-state index contributed by atoms with van der Waals surface area (Å²) >= 11 is 0. The van der Waals surface area contributed by atoms with Crippen LogP contribution in [-0.4, -0.2) is 33.8 Å². The molecule has 0 aliphatic carbocycles. The van der Waals surface area contributed by atoms with Gasteiger partial charge in [-0.1, -0.05) is 61.5 Å². The largest absolute Gasteiger partial charge is 0.493 e. The summed E-state index contributed by atoms with van der Waals surface area (Å²) < 4.78 is 7.77. The van der Waals surface area contributed by atoms with Gasteiger partial charge in [-0.05, 0) is 47.6 Å². The first-order valence-corrected chi connectivity index (χ1v) is 12.4. The molecule has 0 fully saturated rings. The summed E-state index contributed by atoms with van der Waals surface area (Å²) in [6, 6.07) is 21.8. The fourth-order valence-electron chi connectivity index (χ4n) is 4.71. The zero-order valence-corrected chi connectivity index (χ0v) is 20.8. The smallest absolute Gasteiger partial charge is 0.303 e. The fourth-order valence-corrected chi connectivity index (χ4v) is 4.71. The van der Waals surface area contributed by atoms with Crippen molar-refractivity contribution in [2.24, 2.45) is 5.73 Å². The van der Waals surface area contributed by atoms with Crippen LogP contribution in [0.1, 0.15) is 53.4 Å². The molecule has 4 rings (SSSR count). The highest BCUT2D eigenvalue weighted by molar-refractivity contribution is 6.44. The zero-order chi connectivity index (χ0) is 26.4. The Morgan fingerprint density at radius 3 is 2.41 bits per heavy atom. The van der Waals surface area contributed by atoms with Crippen molar-refractivity contribution >= 4 is 23.2 Å². The van der Waals surface area contributed by atoms with Gasteiger partial charge in [-0.25, -0.2) is 0 Å². The predicted octanol–water partition coefficient (Wildman–Crippen LogP) is 5.06. The second kappa shape index (κ2) is 11.6. The summed E-state index contributed by atoms with van der Waals surface area (Å²) in [6.45, 7) is 2.31. The summed E-state index contributed by atoms with van der Waals surface area (Å²) in [4.78, 5) is 35.7. The van der Waals surface area contributed by atoms with Gasteiger partial charge in [-0.3, -0.25) is 14.4 Å². The van der Waals surface area contributed by atoms with Crippen LogP contribution in [0.25, 0.3) is 16.6 Å². The highest BCUT2D eigenvalue weighted by Crippen LogP contribution is 2.32. The molecule has 7 heteroatoms. The number of carboxylic acid groups (broad SMARTS) is 1. The number of ketones is 1. The third kappa shape index (κ3) is 5.72. The number of amides is 1. The van der Waals surface area contributed by atoms with Crippen molar-refractivity contribution in [3.8, 4) is 16.9 Å². The van der Waals surface area contributed by atoms with E-state index in [1.54, 1.807) is 6.07 Å². The van der Waals surface area contributed by atoms with Gasteiger partial charge in [0.1, 0.15) is 5.75 Å². The molecule has 2 aromatic carbocycles. The maximum Gasteiger partial charge on any atom is 0.303 e. The van der Waals surface area contributed by atoms with Gasteiger partial charge in [0.2, 0.25) is 0 Å². The van der Waals surface area contributed by atoms with Crippen molar-refractivity contribution in [2.75, 3.05) is 6.61 Å². The van der Waals surface area contributed by atoms with Gasteiger partial charge in [0.15, 0.2) is 0 Å². The molecule has 7 nitrogen and oxygen atoms in total. The Kier molecular flexibility index (Phi) is 8.03. The molecule has 0 radical (unpaired) electrons. The standard InChI is InChI=1S/C30H30N2O5/c1-2-23-25(18-21-12-6-7-13-24(21)20-10-4-3-5-11-20)32-16-15-22(37-17-9-8-14-27(33)34)19-26(32)28(23)29(35)30(31)36/h3-7,10-13,15-16,19H,2,8-9,14,17-18H2,1H3,(H2,31,36)(H,33,34). The minimum atomic E-state index is -1.00. The van der Waals surface area contributed by atoms with E-state index in [1.165, 1.54) is 0 Å². The summed E-state index contributed by atoms with van der Waals surface area (Å²) in [6.07, 6.45) is 4.14. The monoisotopic (exact) mass is 498 g/mol. The number of Topliss-reactive ketones (excluding diaryl/α,β-unsaturated/α-hetero) is 1. The Labute approximate surface area is 215 Å². The molecule has 0 aliphatic rings. The molecule has 37 heavy (non-hydrogen) atoms. The van der Waals surface area contributed by atoms with E-state index in [2.05, 4.69) is 24.3 Å². The number of rotatable bonds is 12. The number of pyridine rings is 1. The maximum atomic E-state index is 13.0. The van der Waals surface area contributed by atoms with Gasteiger partial charge in [0, 0.05) is 30.8 Å². The van der Waals surface area contributed by atoms with Crippen LogP contribution >= 0.6 is 0 Å². The lowest BCUT2D eigenvalue weighted by Crippen LogP contribution is -2.24. The van der Waals surface area contributed by atoms with Crippen LogP contribution in [0.15, 0.2) is 72.9 Å². The molecule has 0 aliphatic heterocycles. The van der Waals surface area contributed by atoms with Gasteiger partial charge < -0.3 is 20.0 Å². The van der Waals surface area contributed by atoms with E-state index in [9.17, 15) is 14.4 Å². The SMILES string of the molecule is CCc1c(C(=O)C(N)=O)c2cc(OCCCCC(=O)O)ccn2c1Cc1ccccc1-c1ccccc1. The number of carbonyl (C=O) groups excluding carboxylic acids is 2. The molecule has 0 saturated carbocycles. The molecule has 0 bridgehead atoms. The predicted molar refractivity (Wildman–Crippen MR) is 142 cm³/mol. The quantitative estimate of drug-likeness (QED) is 0.161. The van der Waals surface area contributed by atoms with Gasteiger partial charge in [0.25, 0.3) is 11.7 Å². The van der Waals surface area contributed by atoms with Gasteiger partial charge in [-0.2, -0.15) is 0 Å². The topological polar surface area (TPSA) is 111 Å². The number of nitrogens with two attached hydrogens (primary N) is 1. The van der Waals surface area contributed by atoms with Gasteiger partial charge in [0.05, 0.1) is 17.7 Å². The molecule has 4 aromatic rings. The van der Waals surface area contributed by atoms with Gasteiger partial charge >= 0.3 is 5.97 Å². The van der Waals surface area contributed by atoms with Crippen molar-refractivity contribution in [1.82, 2.24) is 4.40 Å². The molecule has 0 unspecified atom stereocenters. The number of aliphatic carboxylic acids is 1. The minimum Gasteiger partial charge on any atom is -0.493 e. The molecular formula is C30H30N2O5. The van der Waals surface area contributed by atoms with Crippen molar-refractivity contribution < 1.29 is 24.2 Å². The number of ether oxygens (including phenoxy) is 1. The Hall–Kier alpha value is -4.39. The molecule has 0 atom stereocenters. The van der Waals surface area contributed by atoms with Gasteiger partial charge in [-0.15, -0.1) is 0 Å². The Morgan fingerprint density at radius 2 is 1.70 bits per heavy atom. The average molecular weight is 499 g/mol. The summed E-state index contributed by atoms with van der Waals surface area (Å²) in [5.41, 5.74) is 11.3. The van der Waals surface area contributed by atoms with E-state index in [0.717, 1.165) is 27.9 Å². The number of hydrogen-bond donors (Lipinski definition) is 2. The number of aromatic nitrogens is 1. The molecule has 0 saturated heterocycles. The van der Waals surface area contributed by atoms with E-state index in [4.69, 9.17) is 15.6 Å². The molecule has 1 amide bonds. The van der Waals surface area contributed by atoms with Crippen LogP contribution in [0.3, 0.4) is 0 Å². The van der Waals surface area contributed by atoms with E-state index in [1.807, 2.05) is 53.9 Å². The van der Waals surface area contributed by atoms with Crippen LogP contribution in [0.5, 0.6) is 5.75 Å². The lowest BCUT2D eigenvalue weighted by Gasteiger charge is -2.12. The van der Waals surface area contributed by atoms with Crippen molar-refractivity contribution in [1.29, 1.82) is 0 Å². The van der Waals surface area contributed by atoms with Crippen LogP contribution in [-0.2, 0) is 22.4 Å². The maximum absolute atomic E-state index is 13.0. The van der Waals surface area contributed by atoms with E-state index >= 15 is 0 Å². The number of unbranched alkanes of at least 4 members (excludes halogenated alkanes) is 1. The number of fused-ring (bicyclic) bond motifs is 1. The highest BCUT2D eigenvalue weighted by atomic mass is 16.5. The Bertz CT molecular complexity index is 1440. The fraction of sp³-hybridized carbons (Fsp3) is 0.233. The summed E-state index contributed by atoms with van der Waals surface area (Å²) in [7, 11) is 0. The number of carboxylic acids is 1. The highest BCUT2D eigenvalue weighted by Gasteiger charge is 2.26. The van der Waals surface area contributed by atoms with E-state index in [-0.39, 0.29) is 6.42 Å². The molecule has 2 heterocycles. The first-order valence-electron chi connectivity index (χ1n) is 12.4. The lowest BCUT2D eigenvalue weighted by atomic mass is 9.94. The normalized spacial score (nSPS) is 10.9. The van der Waals surface area contributed by atoms with E-state index in [0.29, 0.717) is 49.1 Å². The first-order chi connectivity index (χ1) is 17.9. The molecule has 190 valence electrons. The Morgan fingerprint density at radius 1 is 0.973 bits per heavy atom. The van der Waals surface area contributed by atoms with Crippen LogP contribution in [0, 0.1) is 0 Å². The van der Waals surface area contributed by atoms with Crippen molar-refractivity contribution in [2.45, 2.75) is 39.0 Å². The van der Waals surface area contributed by atoms with Crippen LogP contribution in [0.2, 0.25) is 0 Å². The van der Waals surface area contributed by atoms with Crippen LogP contribution in [0.4, 0.5) is 0 Å². The number of nitrogens with zero attached hydrogens (tertiary/aromatic N) is 1. The first kappa shape index (κ1) is 25.7. The summed E-state index contributed by atoms with van der Waals surface area (Å²) in [5.74, 6) is -2.02. The third-order valence-electron chi connectivity index (χ3n) is 6.44. The second-order valence-corrected chi connectivity index (χ2v) is 8.86. The Balaban J connectivity index is 1.75. The molecular weight excluding hydrogens is 468 g/mol. The zero-order valence-electron chi connectivity index (χ0n) is 20.8. The lowest BCUT2D eigenvalue weighted by molar-refractivity contribution is -0.137. The summed E-state index contributed by atoms with van der Waals surface area (Å²) in [5, 5.41) is 8.80. The molecule has 0 spiro atoms. The number of benzene rings is 2. The van der Waals surface area contributed by atoms with E-state index < -0.39 is 17.7 Å². The molecule has 2 aromatic heterocycles. The molecule has 3 N–H and O–H groups in total. The van der Waals surface area contributed by atoms with Crippen LogP contribution < -0.4 is 10.5 Å². The minimum absolute atomic E-state index is 0.0893. The van der Waals surface area contributed by atoms with Crippen molar-refractivity contribution in [3.05, 3.63) is 95.3 Å². The number of primary amides is 1.